The van der Waals surface area contributed by atoms with Gasteiger partial charge in [0.1, 0.15) is 0 Å². The van der Waals surface area contributed by atoms with E-state index in [1.807, 2.05) is 48.7 Å². The molecule has 1 aromatic heterocycles. The van der Waals surface area contributed by atoms with Crippen LogP contribution in [0.25, 0.3) is 5.69 Å². The molecule has 0 unspecified atom stereocenters. The summed E-state index contributed by atoms with van der Waals surface area (Å²) in [6, 6.07) is 16.6. The predicted octanol–water partition coefficient (Wildman–Crippen LogP) is 4.27. The van der Waals surface area contributed by atoms with E-state index < -0.39 is 24.6 Å². The van der Waals surface area contributed by atoms with E-state index in [9.17, 15) is 14.4 Å². The number of nitrogens with two attached hydrogens (primary N) is 1. The van der Waals surface area contributed by atoms with Crippen LogP contribution in [0.5, 0.6) is 0 Å². The van der Waals surface area contributed by atoms with E-state index in [0.29, 0.717) is 16.1 Å². The van der Waals surface area contributed by atoms with Gasteiger partial charge in [-0.15, -0.1) is 0 Å². The summed E-state index contributed by atoms with van der Waals surface area (Å²) >= 11 is 5.89. The van der Waals surface area contributed by atoms with Crippen molar-refractivity contribution in [3.8, 4) is 5.69 Å². The van der Waals surface area contributed by atoms with Gasteiger partial charge in [-0.1, -0.05) is 41.9 Å². The van der Waals surface area contributed by atoms with E-state index >= 15 is 0 Å². The van der Waals surface area contributed by atoms with E-state index in [4.69, 9.17) is 22.1 Å². The number of para-hydroxylation sites is 1. The second-order valence-electron chi connectivity index (χ2n) is 7.36. The number of rotatable bonds is 8. The van der Waals surface area contributed by atoms with Gasteiger partial charge in [-0.3, -0.25) is 9.59 Å². The third-order valence-corrected chi connectivity index (χ3v) is 5.32. The number of halogens is 1. The van der Waals surface area contributed by atoms with E-state index in [1.54, 1.807) is 30.3 Å². The molecule has 0 spiro atoms. The maximum Gasteiger partial charge on any atom is 0.312 e. The van der Waals surface area contributed by atoms with Crippen LogP contribution < -0.4 is 11.1 Å². The Kier molecular flexibility index (Phi) is 7.33. The van der Waals surface area contributed by atoms with Crippen molar-refractivity contribution in [2.45, 2.75) is 26.3 Å². The number of aryl methyl sites for hydroxylation is 1. The first-order valence-electron chi connectivity index (χ1n) is 10.0. The van der Waals surface area contributed by atoms with Gasteiger partial charge in [0.25, 0.3) is 0 Å². The van der Waals surface area contributed by atoms with Crippen molar-refractivity contribution in [3.63, 3.8) is 0 Å². The van der Waals surface area contributed by atoms with Gasteiger partial charge in [0.2, 0.25) is 5.78 Å². The Labute approximate surface area is 191 Å². The van der Waals surface area contributed by atoms with Crippen LogP contribution in [0.4, 0.5) is 4.79 Å². The fourth-order valence-electron chi connectivity index (χ4n) is 3.59. The van der Waals surface area contributed by atoms with Crippen molar-refractivity contribution in [2.75, 3.05) is 6.61 Å². The molecule has 2 amide bonds. The zero-order chi connectivity index (χ0) is 23.3. The van der Waals surface area contributed by atoms with Crippen molar-refractivity contribution in [3.05, 3.63) is 88.2 Å². The Morgan fingerprint density at radius 1 is 1.06 bits per heavy atom. The number of nitrogens with one attached hydrogen (secondary N) is 1. The number of aromatic nitrogens is 1. The number of amides is 2. The lowest BCUT2D eigenvalue weighted by Crippen LogP contribution is -2.34. The van der Waals surface area contributed by atoms with Gasteiger partial charge in [0.15, 0.2) is 6.61 Å². The third kappa shape index (κ3) is 5.56. The number of esters is 1. The highest BCUT2D eigenvalue weighted by molar-refractivity contribution is 6.30. The zero-order valence-electron chi connectivity index (χ0n) is 17.8. The lowest BCUT2D eigenvalue weighted by molar-refractivity contribution is -0.143. The highest BCUT2D eigenvalue weighted by Gasteiger charge is 2.21. The molecule has 3 aromatic rings. The second-order valence-corrected chi connectivity index (χ2v) is 7.79. The molecule has 0 saturated heterocycles. The number of urea groups is 1. The summed E-state index contributed by atoms with van der Waals surface area (Å²) in [6.45, 7) is 3.36. The number of ether oxygens (including phenoxy) is 1. The van der Waals surface area contributed by atoms with Crippen LogP contribution in [0.2, 0.25) is 5.02 Å². The summed E-state index contributed by atoms with van der Waals surface area (Å²) in [5.74, 6) is -0.941. The van der Waals surface area contributed by atoms with Crippen LogP contribution in [0, 0.1) is 13.8 Å². The number of carbonyl (C=O) groups is 3. The molecule has 3 N–H and O–H groups in total. The number of hydrogen-bond acceptors (Lipinski definition) is 4. The van der Waals surface area contributed by atoms with Gasteiger partial charge < -0.3 is 20.4 Å². The van der Waals surface area contributed by atoms with Crippen LogP contribution in [0.1, 0.15) is 39.8 Å². The largest absolute Gasteiger partial charge is 0.457 e. The minimum absolute atomic E-state index is 0.180. The van der Waals surface area contributed by atoms with Crippen molar-refractivity contribution in [1.29, 1.82) is 0 Å². The molecule has 166 valence electrons. The Morgan fingerprint density at radius 3 is 2.34 bits per heavy atom. The van der Waals surface area contributed by atoms with Gasteiger partial charge in [-0.25, -0.2) is 4.79 Å². The van der Waals surface area contributed by atoms with E-state index in [0.717, 1.165) is 17.1 Å². The Morgan fingerprint density at radius 2 is 1.72 bits per heavy atom. The molecule has 1 heterocycles. The van der Waals surface area contributed by atoms with Gasteiger partial charge in [0, 0.05) is 27.7 Å². The summed E-state index contributed by atoms with van der Waals surface area (Å²) in [5, 5.41) is 3.03. The number of nitrogens with zero attached hydrogens (tertiary/aromatic N) is 1. The molecule has 0 aliphatic heterocycles. The maximum atomic E-state index is 12.7. The third-order valence-electron chi connectivity index (χ3n) is 5.07. The van der Waals surface area contributed by atoms with Gasteiger partial charge in [-0.2, -0.15) is 0 Å². The molecule has 3 rings (SSSR count). The molecule has 0 aliphatic carbocycles. The van der Waals surface area contributed by atoms with Crippen LogP contribution in [-0.4, -0.2) is 29.0 Å². The molecule has 0 fully saturated rings. The minimum Gasteiger partial charge on any atom is -0.457 e. The Hall–Kier alpha value is -3.58. The van der Waals surface area contributed by atoms with Crippen LogP contribution in [0.15, 0.2) is 60.7 Å². The lowest BCUT2D eigenvalue weighted by atomic mass is 10.0. The average molecular weight is 454 g/mol. The predicted molar refractivity (Wildman–Crippen MR) is 122 cm³/mol. The first kappa shape index (κ1) is 23.1. The fraction of sp³-hybridized carbons (Fsp3) is 0.208. The topological polar surface area (TPSA) is 103 Å². The van der Waals surface area contributed by atoms with E-state index in [2.05, 4.69) is 5.32 Å². The molecule has 0 radical (unpaired) electrons. The summed E-state index contributed by atoms with van der Waals surface area (Å²) < 4.78 is 7.18. The molecule has 32 heavy (non-hydrogen) atoms. The summed E-state index contributed by atoms with van der Waals surface area (Å²) in [7, 11) is 0. The highest BCUT2D eigenvalue weighted by atomic mass is 35.5. The monoisotopic (exact) mass is 453 g/mol. The van der Waals surface area contributed by atoms with Crippen LogP contribution >= 0.6 is 11.6 Å². The van der Waals surface area contributed by atoms with Crippen LogP contribution in [-0.2, 0) is 9.53 Å². The lowest BCUT2D eigenvalue weighted by Gasteiger charge is -2.17. The molecular weight excluding hydrogens is 430 g/mol. The Balaban J connectivity index is 1.67. The van der Waals surface area contributed by atoms with Crippen molar-refractivity contribution in [2.24, 2.45) is 5.73 Å². The van der Waals surface area contributed by atoms with Gasteiger partial charge in [-0.05, 0) is 49.7 Å². The molecule has 8 heteroatoms. The smallest absolute Gasteiger partial charge is 0.312 e. The maximum absolute atomic E-state index is 12.7. The number of benzene rings is 2. The molecule has 0 aliphatic rings. The fourth-order valence-corrected chi connectivity index (χ4v) is 3.71. The van der Waals surface area contributed by atoms with Crippen molar-refractivity contribution < 1.29 is 19.1 Å². The molecular formula is C24H24ClN3O4. The number of carbonyl (C=O) groups excluding carboxylic acids is 3. The zero-order valence-corrected chi connectivity index (χ0v) is 18.6. The molecule has 2 aromatic carbocycles. The summed E-state index contributed by atoms with van der Waals surface area (Å²) in [5.41, 5.74) is 8.98. The minimum atomic E-state index is -0.776. The summed E-state index contributed by atoms with van der Waals surface area (Å²) in [6.07, 6.45) is -0.180. The van der Waals surface area contributed by atoms with Gasteiger partial charge >= 0.3 is 12.0 Å². The normalized spacial score (nSPS) is 11.6. The van der Waals surface area contributed by atoms with Gasteiger partial charge in [0.05, 0.1) is 12.5 Å². The number of primary amides is 1. The summed E-state index contributed by atoms with van der Waals surface area (Å²) in [4.78, 5) is 36.5. The first-order chi connectivity index (χ1) is 15.3. The van der Waals surface area contributed by atoms with E-state index in [-0.39, 0.29) is 12.2 Å². The molecule has 1 atom stereocenters. The Bertz CT molecular complexity index is 1120. The number of hydrogen-bond donors (Lipinski definition) is 2. The highest BCUT2D eigenvalue weighted by Crippen LogP contribution is 2.22. The average Bonchev–Trinajstić information content (AvgIpc) is 3.06. The SMILES string of the molecule is Cc1cc(C(=O)COC(=O)C[C@H](NC(N)=O)c2ccc(Cl)cc2)c(C)n1-c1ccccc1. The quantitative estimate of drug-likeness (QED) is 0.392. The molecule has 7 nitrogen and oxygen atoms in total. The number of Topliss-reactive ketones (excluding diaryl/α,β-unsaturated/α-hetero) is 1. The number of ketones is 1. The van der Waals surface area contributed by atoms with E-state index in [1.165, 1.54) is 0 Å². The van der Waals surface area contributed by atoms with Crippen molar-refractivity contribution in [1.82, 2.24) is 9.88 Å². The standard InChI is InChI=1S/C24H24ClN3O4/c1-15-12-20(16(2)28(15)19-6-4-3-5-7-19)22(29)14-32-23(30)13-21(27-24(26)31)17-8-10-18(25)11-9-17/h3-12,21H,13-14H2,1-2H3,(H3,26,27,31)/t21-/m0/s1. The second kappa shape index (κ2) is 10.2. The molecule has 0 saturated carbocycles. The van der Waals surface area contributed by atoms with Crippen molar-refractivity contribution >= 4 is 29.4 Å². The molecule has 0 bridgehead atoms. The van der Waals surface area contributed by atoms with Crippen LogP contribution in [0.3, 0.4) is 0 Å². The first-order valence-corrected chi connectivity index (χ1v) is 10.4.